The van der Waals surface area contributed by atoms with Gasteiger partial charge in [0.1, 0.15) is 11.5 Å². The average molecular weight is 482 g/mol. The Kier molecular flexibility index (Phi) is 6.03. The van der Waals surface area contributed by atoms with E-state index in [0.29, 0.717) is 22.6 Å². The molecular formula is C24H24ClN5O2S. The van der Waals surface area contributed by atoms with E-state index >= 15 is 0 Å². The number of fused-ring (bicyclic) bond motifs is 1. The third-order valence-corrected chi connectivity index (χ3v) is 7.26. The molecular weight excluding hydrogens is 458 g/mol. The van der Waals surface area contributed by atoms with Crippen LogP contribution in [0, 0.1) is 5.92 Å². The number of nitrogens with two attached hydrogens (primary N) is 1. The summed E-state index contributed by atoms with van der Waals surface area (Å²) in [6, 6.07) is 13.7. The van der Waals surface area contributed by atoms with Crippen LogP contribution < -0.4 is 15.2 Å². The molecule has 0 saturated heterocycles. The van der Waals surface area contributed by atoms with Crippen molar-refractivity contribution in [2.75, 3.05) is 20.0 Å². The number of imidazole rings is 1. The summed E-state index contributed by atoms with van der Waals surface area (Å²) in [4.78, 5) is 14.9. The number of halogens is 1. The fourth-order valence-electron chi connectivity index (χ4n) is 4.19. The Morgan fingerprint density at radius 3 is 2.55 bits per heavy atom. The monoisotopic (exact) mass is 481 g/mol. The van der Waals surface area contributed by atoms with Crippen LogP contribution in [0.25, 0.3) is 11.5 Å². The lowest BCUT2D eigenvalue weighted by molar-refractivity contribution is 0.236. The van der Waals surface area contributed by atoms with E-state index in [4.69, 9.17) is 36.8 Å². The summed E-state index contributed by atoms with van der Waals surface area (Å²) in [6.45, 7) is 0. The normalized spacial score (nSPS) is 14.8. The Labute approximate surface area is 201 Å². The predicted octanol–water partition coefficient (Wildman–Crippen LogP) is 5.57. The topological polar surface area (TPSA) is 88.1 Å². The predicted molar refractivity (Wildman–Crippen MR) is 129 cm³/mol. The van der Waals surface area contributed by atoms with Crippen molar-refractivity contribution in [2.45, 2.75) is 35.4 Å². The number of nitrogens with zero attached hydrogens (tertiary/aromatic N) is 4. The number of anilines is 1. The van der Waals surface area contributed by atoms with Gasteiger partial charge in [0, 0.05) is 5.02 Å². The Hall–Kier alpha value is -2.97. The van der Waals surface area contributed by atoms with E-state index in [9.17, 15) is 0 Å². The first kappa shape index (κ1) is 21.9. The second-order valence-corrected chi connectivity index (χ2v) is 9.47. The number of rotatable bonds is 7. The molecule has 2 aliphatic heterocycles. The van der Waals surface area contributed by atoms with Crippen molar-refractivity contribution < 1.29 is 9.47 Å². The van der Waals surface area contributed by atoms with Crippen LogP contribution in [0.4, 0.5) is 5.82 Å². The molecule has 3 aliphatic rings. The van der Waals surface area contributed by atoms with Crippen LogP contribution in [0.2, 0.25) is 5.02 Å². The second kappa shape index (κ2) is 9.11. The maximum Gasteiger partial charge on any atom is 0.195 e. The van der Waals surface area contributed by atoms with Crippen molar-refractivity contribution in [1.29, 1.82) is 0 Å². The number of aromatic nitrogens is 4. The minimum Gasteiger partial charge on any atom is -0.497 e. The van der Waals surface area contributed by atoms with Gasteiger partial charge in [-0.3, -0.25) is 0 Å². The quantitative estimate of drug-likeness (QED) is 0.369. The van der Waals surface area contributed by atoms with Crippen LogP contribution in [0.15, 0.2) is 58.8 Å². The molecule has 1 unspecified atom stereocenters. The first-order valence-electron chi connectivity index (χ1n) is 10.7. The molecule has 1 aliphatic carbocycles. The number of ether oxygens (including phenoxy) is 2. The number of hydrogen-bond acceptors (Lipinski definition) is 7. The van der Waals surface area contributed by atoms with Gasteiger partial charge in [-0.25, -0.2) is 15.0 Å². The maximum absolute atomic E-state index is 6.22. The Morgan fingerprint density at radius 1 is 1.09 bits per heavy atom. The standard InChI is InChI=1S/C24H24ClN5O2S/c1-31-17-10-11-18(32-2)19(12-17)33-24-28-20-22(26)27-13-30(23(20)29-24)21(14-4-3-5-14)15-6-8-16(25)9-7-15/h6-14,21H,3-5,26H2,1-2H3. The minimum absolute atomic E-state index is 0.0903. The zero-order valence-corrected chi connectivity index (χ0v) is 19.9. The first-order valence-corrected chi connectivity index (χ1v) is 11.9. The summed E-state index contributed by atoms with van der Waals surface area (Å²) < 4.78 is 13.0. The van der Waals surface area contributed by atoms with Crippen molar-refractivity contribution in [3.05, 3.63) is 59.4 Å². The molecule has 1 atom stereocenters. The SMILES string of the molecule is COc1ccc(OC)c(Sc2nc3c(N)ncn(C(c4ccc(Cl)cc4)C4CCC4)c-3n2)c1. The molecule has 1 saturated carbocycles. The summed E-state index contributed by atoms with van der Waals surface area (Å²) in [7, 11) is 3.27. The summed E-state index contributed by atoms with van der Waals surface area (Å²) in [5, 5.41) is 1.30. The molecule has 9 heteroatoms. The number of hydrogen-bond donors (Lipinski definition) is 1. The lowest BCUT2D eigenvalue weighted by Crippen LogP contribution is -2.28. The molecule has 7 nitrogen and oxygen atoms in total. The molecule has 0 radical (unpaired) electrons. The molecule has 2 aromatic rings. The molecule has 0 aromatic heterocycles. The maximum atomic E-state index is 6.22. The Balaban J connectivity index is 1.58. The highest BCUT2D eigenvalue weighted by atomic mass is 35.5. The van der Waals surface area contributed by atoms with Crippen molar-refractivity contribution >= 4 is 29.2 Å². The summed E-state index contributed by atoms with van der Waals surface area (Å²) in [5.74, 6) is 3.04. The summed E-state index contributed by atoms with van der Waals surface area (Å²) >= 11 is 7.56. The third kappa shape index (κ3) is 4.20. The highest BCUT2D eigenvalue weighted by molar-refractivity contribution is 7.99. The highest BCUT2D eigenvalue weighted by Gasteiger charge is 2.33. The molecule has 0 spiro atoms. The van der Waals surface area contributed by atoms with Crippen LogP contribution in [-0.4, -0.2) is 33.7 Å². The van der Waals surface area contributed by atoms with Crippen LogP contribution in [0.3, 0.4) is 0 Å². The minimum atomic E-state index is 0.0903. The fourth-order valence-corrected chi connectivity index (χ4v) is 5.21. The number of methoxy groups -OCH3 is 2. The van der Waals surface area contributed by atoms with Gasteiger partial charge in [-0.2, -0.15) is 0 Å². The van der Waals surface area contributed by atoms with E-state index in [0.717, 1.165) is 40.1 Å². The van der Waals surface area contributed by atoms with Gasteiger partial charge in [-0.15, -0.1) is 0 Å². The fraction of sp³-hybridized carbons (Fsp3) is 0.292. The van der Waals surface area contributed by atoms with Crippen LogP contribution in [0.5, 0.6) is 11.5 Å². The number of benzene rings is 2. The van der Waals surface area contributed by atoms with Gasteiger partial charge in [0.05, 0.1) is 31.5 Å². The smallest absolute Gasteiger partial charge is 0.195 e. The van der Waals surface area contributed by atoms with E-state index in [1.54, 1.807) is 20.5 Å². The van der Waals surface area contributed by atoms with Gasteiger partial charge in [-0.05, 0) is 66.4 Å². The van der Waals surface area contributed by atoms with Gasteiger partial charge in [0.2, 0.25) is 0 Å². The van der Waals surface area contributed by atoms with Crippen molar-refractivity contribution in [1.82, 2.24) is 19.5 Å². The zero-order chi connectivity index (χ0) is 22.9. The molecule has 0 bridgehead atoms. The highest BCUT2D eigenvalue weighted by Crippen LogP contribution is 2.44. The van der Waals surface area contributed by atoms with Gasteiger partial charge >= 0.3 is 0 Å². The van der Waals surface area contributed by atoms with E-state index in [-0.39, 0.29) is 6.04 Å². The molecule has 33 heavy (non-hydrogen) atoms. The van der Waals surface area contributed by atoms with Gasteiger partial charge in [0.15, 0.2) is 22.5 Å². The van der Waals surface area contributed by atoms with Gasteiger partial charge in [0.25, 0.3) is 0 Å². The zero-order valence-electron chi connectivity index (χ0n) is 18.4. The van der Waals surface area contributed by atoms with Crippen LogP contribution in [-0.2, 0) is 0 Å². The molecule has 0 amide bonds. The summed E-state index contributed by atoms with van der Waals surface area (Å²) in [5.41, 5.74) is 7.99. The molecule has 170 valence electrons. The lowest BCUT2D eigenvalue weighted by atomic mass is 9.77. The van der Waals surface area contributed by atoms with Gasteiger partial charge in [-0.1, -0.05) is 30.2 Å². The molecule has 5 rings (SSSR count). The summed E-state index contributed by atoms with van der Waals surface area (Å²) in [6.07, 6.45) is 5.32. The van der Waals surface area contributed by atoms with Crippen molar-refractivity contribution in [3.8, 4) is 23.0 Å². The largest absolute Gasteiger partial charge is 0.497 e. The van der Waals surface area contributed by atoms with E-state index in [2.05, 4.69) is 21.7 Å². The third-order valence-electron chi connectivity index (χ3n) is 6.11. The van der Waals surface area contributed by atoms with E-state index in [1.807, 2.05) is 30.3 Å². The molecule has 2 N–H and O–H groups in total. The Morgan fingerprint density at radius 2 is 1.88 bits per heavy atom. The molecule has 2 aromatic carbocycles. The lowest BCUT2D eigenvalue weighted by Gasteiger charge is -2.36. The molecule has 2 heterocycles. The van der Waals surface area contributed by atoms with E-state index < -0.39 is 0 Å². The molecule has 1 fully saturated rings. The van der Waals surface area contributed by atoms with E-state index in [1.165, 1.54) is 23.7 Å². The van der Waals surface area contributed by atoms with Crippen molar-refractivity contribution in [3.63, 3.8) is 0 Å². The average Bonchev–Trinajstić information content (AvgIpc) is 3.22. The first-order chi connectivity index (χ1) is 16.1. The Bertz CT molecular complexity index is 1240. The second-order valence-electron chi connectivity index (χ2n) is 8.02. The van der Waals surface area contributed by atoms with Crippen LogP contribution >= 0.6 is 23.4 Å². The number of nitrogen functional groups attached to an aromatic ring is 1. The van der Waals surface area contributed by atoms with Crippen molar-refractivity contribution in [2.24, 2.45) is 5.92 Å². The van der Waals surface area contributed by atoms with Gasteiger partial charge < -0.3 is 19.8 Å². The van der Waals surface area contributed by atoms with Crippen LogP contribution in [0.1, 0.15) is 30.9 Å².